The lowest BCUT2D eigenvalue weighted by Gasteiger charge is -2.20. The number of thiol groups is 1. The average Bonchev–Trinajstić information content (AvgIpc) is 3.00. The van der Waals surface area contributed by atoms with Crippen LogP contribution in [0.1, 0.15) is 27.2 Å². The fourth-order valence-electron chi connectivity index (χ4n) is 2.70. The van der Waals surface area contributed by atoms with Crippen LogP contribution in [0.15, 0.2) is 48.5 Å². The van der Waals surface area contributed by atoms with Crippen molar-refractivity contribution in [3.05, 3.63) is 48.5 Å². The summed E-state index contributed by atoms with van der Waals surface area (Å²) in [7, 11) is 0. The van der Waals surface area contributed by atoms with E-state index in [1.165, 1.54) is 4.57 Å². The summed E-state index contributed by atoms with van der Waals surface area (Å²) >= 11 is 4.06. The minimum absolute atomic E-state index is 0.180. The molecule has 3 aromatic rings. The molecule has 0 radical (unpaired) electrons. The highest BCUT2D eigenvalue weighted by atomic mass is 32.1. The normalized spacial score (nSPS) is 11.4. The molecule has 0 N–H and O–H groups in total. The number of carbonyl (C=O) groups excluding carboxylic acids is 2. The van der Waals surface area contributed by atoms with Crippen molar-refractivity contribution in [1.29, 1.82) is 0 Å². The molecule has 0 atom stereocenters. The molecular weight excluding hydrogens is 376 g/mol. The zero-order chi connectivity index (χ0) is 20.3. The Kier molecular flexibility index (Phi) is 5.74. The maximum Gasteiger partial charge on any atom is 0.420 e. The van der Waals surface area contributed by atoms with Gasteiger partial charge >= 0.3 is 12.1 Å². The van der Waals surface area contributed by atoms with Gasteiger partial charge in [-0.15, -0.1) is 0 Å². The third-order valence-corrected chi connectivity index (χ3v) is 4.03. The number of para-hydroxylation sites is 3. The van der Waals surface area contributed by atoms with Crippen LogP contribution in [0.5, 0.6) is 5.75 Å². The van der Waals surface area contributed by atoms with Crippen LogP contribution in [0.2, 0.25) is 0 Å². The molecule has 0 saturated carbocycles. The van der Waals surface area contributed by atoms with Gasteiger partial charge in [0.15, 0.2) is 5.82 Å². The van der Waals surface area contributed by atoms with Crippen molar-refractivity contribution in [2.24, 2.45) is 0 Å². The second-order valence-electron chi connectivity index (χ2n) is 7.18. The van der Waals surface area contributed by atoms with Gasteiger partial charge in [-0.25, -0.2) is 14.3 Å². The molecule has 0 unspecified atom stereocenters. The molecule has 2 aromatic carbocycles. The predicted octanol–water partition coefficient (Wildman–Crippen LogP) is 4.71. The first kappa shape index (κ1) is 19.9. The Balaban J connectivity index is 2.15. The van der Waals surface area contributed by atoms with Gasteiger partial charge in [0, 0.05) is 5.75 Å². The van der Waals surface area contributed by atoms with Gasteiger partial charge in [-0.2, -0.15) is 12.6 Å². The molecule has 7 heteroatoms. The van der Waals surface area contributed by atoms with Gasteiger partial charge in [0.05, 0.1) is 23.0 Å². The van der Waals surface area contributed by atoms with E-state index in [-0.39, 0.29) is 6.42 Å². The molecule has 6 nitrogen and oxygen atoms in total. The summed E-state index contributed by atoms with van der Waals surface area (Å²) in [6.45, 7) is 5.41. The van der Waals surface area contributed by atoms with Crippen molar-refractivity contribution in [3.63, 3.8) is 0 Å². The molecule has 0 aliphatic carbocycles. The summed E-state index contributed by atoms with van der Waals surface area (Å²) in [5, 5.41) is 0. The van der Waals surface area contributed by atoms with Gasteiger partial charge in [0.1, 0.15) is 11.4 Å². The Labute approximate surface area is 168 Å². The van der Waals surface area contributed by atoms with E-state index in [2.05, 4.69) is 17.6 Å². The van der Waals surface area contributed by atoms with Crippen LogP contribution in [-0.2, 0) is 9.53 Å². The van der Waals surface area contributed by atoms with E-state index in [4.69, 9.17) is 9.47 Å². The number of rotatable bonds is 4. The predicted molar refractivity (Wildman–Crippen MR) is 111 cm³/mol. The summed E-state index contributed by atoms with van der Waals surface area (Å²) in [5.41, 5.74) is 1.11. The van der Waals surface area contributed by atoms with Gasteiger partial charge in [0.2, 0.25) is 0 Å². The topological polar surface area (TPSA) is 70.4 Å². The molecule has 146 valence electrons. The molecule has 1 aromatic heterocycles. The van der Waals surface area contributed by atoms with Crippen LogP contribution in [0.4, 0.5) is 4.79 Å². The van der Waals surface area contributed by atoms with Crippen LogP contribution >= 0.6 is 12.6 Å². The first-order valence-electron chi connectivity index (χ1n) is 8.92. The lowest BCUT2D eigenvalue weighted by atomic mass is 10.2. The van der Waals surface area contributed by atoms with Crippen LogP contribution in [0.25, 0.3) is 22.4 Å². The molecule has 0 aliphatic heterocycles. The molecule has 0 spiro atoms. The van der Waals surface area contributed by atoms with Crippen molar-refractivity contribution >= 4 is 35.7 Å². The van der Waals surface area contributed by atoms with Crippen molar-refractivity contribution in [1.82, 2.24) is 9.55 Å². The molecular formula is C21H22N2O4S. The largest absolute Gasteiger partial charge is 0.443 e. The number of aromatic nitrogens is 2. The zero-order valence-electron chi connectivity index (χ0n) is 16.0. The number of imidazole rings is 1. The molecule has 1 heterocycles. The van der Waals surface area contributed by atoms with Gasteiger partial charge < -0.3 is 9.47 Å². The Hall–Kier alpha value is -2.80. The summed E-state index contributed by atoms with van der Waals surface area (Å²) in [4.78, 5) is 29.5. The van der Waals surface area contributed by atoms with E-state index in [1.807, 2.05) is 18.2 Å². The Bertz CT molecular complexity index is 1020. The number of fused-ring (bicyclic) bond motifs is 1. The molecule has 0 saturated heterocycles. The monoisotopic (exact) mass is 398 g/mol. The minimum Gasteiger partial charge on any atom is -0.443 e. The highest BCUT2D eigenvalue weighted by Crippen LogP contribution is 2.32. The third-order valence-electron chi connectivity index (χ3n) is 3.80. The molecule has 28 heavy (non-hydrogen) atoms. The zero-order valence-corrected chi connectivity index (χ0v) is 16.9. The molecule has 0 fully saturated rings. The van der Waals surface area contributed by atoms with E-state index >= 15 is 0 Å². The number of nitrogens with zero attached hydrogens (tertiary/aromatic N) is 2. The van der Waals surface area contributed by atoms with E-state index < -0.39 is 17.7 Å². The van der Waals surface area contributed by atoms with Crippen molar-refractivity contribution < 1.29 is 19.1 Å². The van der Waals surface area contributed by atoms with Gasteiger partial charge in [-0.05, 0) is 45.0 Å². The Morgan fingerprint density at radius 2 is 1.75 bits per heavy atom. The molecule has 3 rings (SSSR count). The maximum atomic E-state index is 12.9. The lowest BCUT2D eigenvalue weighted by Crippen LogP contribution is -2.27. The Morgan fingerprint density at radius 1 is 1.07 bits per heavy atom. The summed E-state index contributed by atoms with van der Waals surface area (Å²) < 4.78 is 12.5. The number of hydrogen-bond acceptors (Lipinski definition) is 6. The first-order chi connectivity index (χ1) is 13.3. The van der Waals surface area contributed by atoms with E-state index in [1.54, 1.807) is 51.1 Å². The molecule has 0 aliphatic rings. The van der Waals surface area contributed by atoms with E-state index in [0.717, 1.165) is 0 Å². The van der Waals surface area contributed by atoms with Gasteiger partial charge in [0.25, 0.3) is 0 Å². The number of esters is 1. The van der Waals surface area contributed by atoms with Crippen LogP contribution in [-0.4, -0.2) is 33.0 Å². The van der Waals surface area contributed by atoms with E-state index in [9.17, 15) is 9.59 Å². The SMILES string of the molecule is CC(C)(C)OC(=O)n1c(-c2ccccc2OC(=O)CCS)nc2ccccc21. The number of carbonyl (C=O) groups is 2. The Morgan fingerprint density at radius 3 is 2.46 bits per heavy atom. The summed E-state index contributed by atoms with van der Waals surface area (Å²) in [5.74, 6) is 0.665. The minimum atomic E-state index is -0.668. The quantitative estimate of drug-likeness (QED) is 0.391. The fourth-order valence-corrected chi connectivity index (χ4v) is 2.89. The first-order valence-corrected chi connectivity index (χ1v) is 9.55. The van der Waals surface area contributed by atoms with Gasteiger partial charge in [-0.1, -0.05) is 24.3 Å². The second-order valence-corrected chi connectivity index (χ2v) is 7.63. The van der Waals surface area contributed by atoms with Gasteiger partial charge in [-0.3, -0.25) is 4.79 Å². The molecule has 0 bridgehead atoms. The van der Waals surface area contributed by atoms with Crippen molar-refractivity contribution in [2.45, 2.75) is 32.8 Å². The lowest BCUT2D eigenvalue weighted by molar-refractivity contribution is -0.133. The van der Waals surface area contributed by atoms with E-state index in [0.29, 0.717) is 33.9 Å². The van der Waals surface area contributed by atoms with Crippen LogP contribution in [0, 0.1) is 0 Å². The fraction of sp³-hybridized carbons (Fsp3) is 0.286. The second kappa shape index (κ2) is 8.06. The van der Waals surface area contributed by atoms with Crippen molar-refractivity contribution in [2.75, 3.05) is 5.75 Å². The number of benzene rings is 2. The highest BCUT2D eigenvalue weighted by Gasteiger charge is 2.25. The smallest absolute Gasteiger partial charge is 0.420 e. The average molecular weight is 398 g/mol. The van der Waals surface area contributed by atoms with Crippen LogP contribution < -0.4 is 4.74 Å². The summed E-state index contributed by atoms with van der Waals surface area (Å²) in [6.07, 6.45) is -0.368. The summed E-state index contributed by atoms with van der Waals surface area (Å²) in [6, 6.07) is 14.3. The standard InChI is InChI=1S/C21H22N2O4S/c1-21(2,3)27-20(25)23-16-10-6-5-9-15(16)22-19(23)14-8-4-7-11-17(14)26-18(24)12-13-28/h4-11,28H,12-13H2,1-3H3. The number of hydrogen-bond donors (Lipinski definition) is 1. The van der Waals surface area contributed by atoms with Crippen LogP contribution in [0.3, 0.4) is 0 Å². The molecule has 0 amide bonds. The maximum absolute atomic E-state index is 12.9. The third kappa shape index (κ3) is 4.36. The highest BCUT2D eigenvalue weighted by molar-refractivity contribution is 7.80. The number of ether oxygens (including phenoxy) is 2. The van der Waals surface area contributed by atoms with Crippen molar-refractivity contribution in [3.8, 4) is 17.1 Å².